The van der Waals surface area contributed by atoms with Gasteiger partial charge in [0.05, 0.1) is 19.1 Å². The Balaban J connectivity index is 2.98. The maximum atomic E-state index is 12.8. The Morgan fingerprint density at radius 1 is 0.966 bits per heavy atom. The lowest BCUT2D eigenvalue weighted by Crippen LogP contribution is -2.51. The molecule has 0 aliphatic heterocycles. The highest BCUT2D eigenvalue weighted by molar-refractivity contribution is 7.89. The zero-order valence-electron chi connectivity index (χ0n) is 17.6. The van der Waals surface area contributed by atoms with Gasteiger partial charge in [0.25, 0.3) is 0 Å². The van der Waals surface area contributed by atoms with Gasteiger partial charge in [-0.15, -0.1) is 0 Å². The first kappa shape index (κ1) is 24.9. The minimum atomic E-state index is -3.92. The summed E-state index contributed by atoms with van der Waals surface area (Å²) in [6.07, 6.45) is 3.79. The van der Waals surface area contributed by atoms with E-state index in [4.69, 9.17) is 9.47 Å². The summed E-state index contributed by atoms with van der Waals surface area (Å²) in [5.74, 6) is -0.554. The molecule has 1 aromatic carbocycles. The quantitative estimate of drug-likeness (QED) is 0.467. The number of carbonyl (C=O) groups excluding carboxylic acids is 2. The average Bonchev–Trinajstić information content (AvgIpc) is 2.73. The second kappa shape index (κ2) is 12.4. The van der Waals surface area contributed by atoms with Gasteiger partial charge in [-0.25, -0.2) is 13.2 Å². The van der Waals surface area contributed by atoms with Crippen LogP contribution in [0.4, 0.5) is 0 Å². The van der Waals surface area contributed by atoms with Crippen molar-refractivity contribution in [2.45, 2.75) is 69.4 Å². The zero-order valence-corrected chi connectivity index (χ0v) is 18.4. The van der Waals surface area contributed by atoms with Crippen LogP contribution < -0.4 is 14.8 Å². The van der Waals surface area contributed by atoms with Gasteiger partial charge in [0, 0.05) is 0 Å². The van der Waals surface area contributed by atoms with E-state index < -0.39 is 34.0 Å². The van der Waals surface area contributed by atoms with Gasteiger partial charge >= 0.3 is 5.97 Å². The Morgan fingerprint density at radius 3 is 2.00 bits per heavy atom. The van der Waals surface area contributed by atoms with E-state index >= 15 is 0 Å². The van der Waals surface area contributed by atoms with Crippen LogP contribution >= 0.6 is 0 Å². The largest absolute Gasteiger partial charge is 0.497 e. The summed E-state index contributed by atoms with van der Waals surface area (Å²) in [4.78, 5) is 24.8. The molecule has 0 saturated carbocycles. The molecule has 164 valence electrons. The molecule has 0 bridgehead atoms. The van der Waals surface area contributed by atoms with E-state index in [0.717, 1.165) is 19.3 Å². The topological polar surface area (TPSA) is 111 Å². The molecule has 8 nitrogen and oxygen atoms in total. The minimum absolute atomic E-state index is 0.0306. The molecule has 0 aromatic heterocycles. The molecule has 9 heteroatoms. The van der Waals surface area contributed by atoms with Crippen LogP contribution in [0.3, 0.4) is 0 Å². The number of hydrogen-bond donors (Lipinski definition) is 2. The number of amides is 1. The van der Waals surface area contributed by atoms with Crippen molar-refractivity contribution in [1.82, 2.24) is 10.0 Å². The van der Waals surface area contributed by atoms with Crippen LogP contribution in [0, 0.1) is 0 Å². The van der Waals surface area contributed by atoms with E-state index in [0.29, 0.717) is 25.0 Å². The van der Waals surface area contributed by atoms with Gasteiger partial charge < -0.3 is 14.8 Å². The van der Waals surface area contributed by atoms with Crippen LogP contribution in [-0.2, 0) is 24.3 Å². The molecule has 0 fully saturated rings. The molecule has 2 atom stereocenters. The molecule has 0 unspecified atom stereocenters. The van der Waals surface area contributed by atoms with Crippen molar-refractivity contribution in [2.24, 2.45) is 0 Å². The van der Waals surface area contributed by atoms with Crippen molar-refractivity contribution in [2.75, 3.05) is 14.2 Å². The summed E-state index contributed by atoms with van der Waals surface area (Å²) < 4.78 is 37.7. The Morgan fingerprint density at radius 2 is 1.52 bits per heavy atom. The van der Waals surface area contributed by atoms with Gasteiger partial charge in [0.15, 0.2) is 0 Å². The summed E-state index contributed by atoms with van der Waals surface area (Å²) >= 11 is 0. The number of esters is 1. The van der Waals surface area contributed by atoms with E-state index in [2.05, 4.69) is 10.0 Å². The lowest BCUT2D eigenvalue weighted by molar-refractivity contribution is -0.145. The smallest absolute Gasteiger partial charge is 0.328 e. The maximum absolute atomic E-state index is 12.8. The standard InChI is InChI=1S/C20H32N2O6S/c1-5-7-9-17(19(23)21-18(10-8-6-2)20(24)28-4)22-29(25,26)16-13-11-15(27-3)12-14-16/h11-14,17-18,22H,5-10H2,1-4H3,(H,21,23)/t17-,18-/m0/s1. The fourth-order valence-electron chi connectivity index (χ4n) is 2.73. The van der Waals surface area contributed by atoms with Crippen molar-refractivity contribution in [3.05, 3.63) is 24.3 Å². The number of rotatable bonds is 13. The molecule has 29 heavy (non-hydrogen) atoms. The highest BCUT2D eigenvalue weighted by Gasteiger charge is 2.29. The molecule has 1 amide bonds. The molecule has 1 aromatic rings. The number of benzene rings is 1. The molecule has 0 radical (unpaired) electrons. The molecule has 0 heterocycles. The molecule has 0 spiro atoms. The van der Waals surface area contributed by atoms with Crippen LogP contribution in [0.2, 0.25) is 0 Å². The Labute approximate surface area is 173 Å². The Hall–Kier alpha value is -2.13. The van der Waals surface area contributed by atoms with Crippen molar-refractivity contribution < 1.29 is 27.5 Å². The molecule has 2 N–H and O–H groups in total. The minimum Gasteiger partial charge on any atom is -0.497 e. The molecular weight excluding hydrogens is 396 g/mol. The van der Waals surface area contributed by atoms with Crippen molar-refractivity contribution in [3.63, 3.8) is 0 Å². The predicted molar refractivity (Wildman–Crippen MR) is 110 cm³/mol. The third-order valence-corrected chi connectivity index (χ3v) is 5.97. The van der Waals surface area contributed by atoms with E-state index in [1.165, 1.54) is 38.5 Å². The Bertz CT molecular complexity index is 749. The first-order valence-electron chi connectivity index (χ1n) is 9.83. The molecule has 0 saturated heterocycles. The maximum Gasteiger partial charge on any atom is 0.328 e. The number of ether oxygens (including phenoxy) is 2. The first-order valence-corrected chi connectivity index (χ1v) is 11.3. The third kappa shape index (κ3) is 8.02. The zero-order chi connectivity index (χ0) is 21.9. The predicted octanol–water partition coefficient (Wildman–Crippen LogP) is 2.38. The van der Waals surface area contributed by atoms with E-state index in [-0.39, 0.29) is 4.90 Å². The SMILES string of the molecule is CCCC[C@H](NS(=O)(=O)c1ccc(OC)cc1)C(=O)N[C@@H](CCCC)C(=O)OC. The number of unbranched alkanes of at least 4 members (excludes halogenated alkanes) is 2. The molecule has 0 aliphatic carbocycles. The summed E-state index contributed by atoms with van der Waals surface area (Å²) in [5.41, 5.74) is 0. The first-order chi connectivity index (χ1) is 13.8. The normalized spacial score (nSPS) is 13.4. The summed E-state index contributed by atoms with van der Waals surface area (Å²) in [6, 6.07) is 4.10. The highest BCUT2D eigenvalue weighted by atomic mass is 32.2. The number of nitrogens with one attached hydrogen (secondary N) is 2. The monoisotopic (exact) mass is 428 g/mol. The lowest BCUT2D eigenvalue weighted by atomic mass is 10.1. The van der Waals surface area contributed by atoms with E-state index in [1.807, 2.05) is 13.8 Å². The van der Waals surface area contributed by atoms with Crippen LogP contribution in [0.15, 0.2) is 29.2 Å². The fourth-order valence-corrected chi connectivity index (χ4v) is 3.96. The molecule has 0 aliphatic rings. The molecular formula is C20H32N2O6S. The van der Waals surface area contributed by atoms with Crippen LogP contribution in [0.25, 0.3) is 0 Å². The highest BCUT2D eigenvalue weighted by Crippen LogP contribution is 2.16. The fraction of sp³-hybridized carbons (Fsp3) is 0.600. The average molecular weight is 429 g/mol. The van der Waals surface area contributed by atoms with Crippen molar-refractivity contribution in [3.8, 4) is 5.75 Å². The number of sulfonamides is 1. The van der Waals surface area contributed by atoms with Gasteiger partial charge in [-0.2, -0.15) is 4.72 Å². The number of hydrogen-bond acceptors (Lipinski definition) is 6. The van der Waals surface area contributed by atoms with E-state index in [9.17, 15) is 18.0 Å². The van der Waals surface area contributed by atoms with Crippen LogP contribution in [0.5, 0.6) is 5.75 Å². The van der Waals surface area contributed by atoms with Crippen LogP contribution in [-0.4, -0.2) is 46.6 Å². The summed E-state index contributed by atoms with van der Waals surface area (Å²) in [5, 5.41) is 2.64. The summed E-state index contributed by atoms with van der Waals surface area (Å²) in [7, 11) is -1.17. The van der Waals surface area contributed by atoms with Gasteiger partial charge in [-0.1, -0.05) is 39.5 Å². The second-order valence-corrected chi connectivity index (χ2v) is 8.43. The van der Waals surface area contributed by atoms with Gasteiger partial charge in [-0.05, 0) is 37.1 Å². The van der Waals surface area contributed by atoms with Crippen molar-refractivity contribution in [1.29, 1.82) is 0 Å². The van der Waals surface area contributed by atoms with Crippen molar-refractivity contribution >= 4 is 21.9 Å². The van der Waals surface area contributed by atoms with E-state index in [1.54, 1.807) is 0 Å². The lowest BCUT2D eigenvalue weighted by Gasteiger charge is -2.22. The van der Waals surface area contributed by atoms with Crippen LogP contribution in [0.1, 0.15) is 52.4 Å². The van der Waals surface area contributed by atoms with Gasteiger partial charge in [0.2, 0.25) is 15.9 Å². The van der Waals surface area contributed by atoms with Gasteiger partial charge in [0.1, 0.15) is 17.8 Å². The molecule has 1 rings (SSSR count). The third-order valence-electron chi connectivity index (χ3n) is 4.48. The summed E-state index contributed by atoms with van der Waals surface area (Å²) in [6.45, 7) is 3.93. The Kier molecular flexibility index (Phi) is 10.7. The second-order valence-electron chi connectivity index (χ2n) is 6.72. The van der Waals surface area contributed by atoms with Gasteiger partial charge in [-0.3, -0.25) is 4.79 Å². The number of carbonyl (C=O) groups is 2. The number of methoxy groups -OCH3 is 2.